The van der Waals surface area contributed by atoms with E-state index in [1.54, 1.807) is 0 Å². The smallest absolute Gasteiger partial charge is 0.179 e. The van der Waals surface area contributed by atoms with Crippen molar-refractivity contribution in [3.05, 3.63) is 24.3 Å². The van der Waals surface area contributed by atoms with Crippen molar-refractivity contribution in [3.8, 4) is 0 Å². The monoisotopic (exact) mass is 296 g/mol. The Morgan fingerprint density at radius 3 is 3.27 bits per heavy atom. The molecule has 0 radical (unpaired) electrons. The Morgan fingerprint density at radius 1 is 1.41 bits per heavy atom. The maximum absolute atomic E-state index is 4.64. The highest BCUT2D eigenvalue weighted by Gasteiger charge is 2.53. The van der Waals surface area contributed by atoms with E-state index in [4.69, 9.17) is 0 Å². The molecule has 2 N–H and O–H groups in total. The van der Waals surface area contributed by atoms with Crippen LogP contribution in [0.4, 0.5) is 0 Å². The molecule has 3 aromatic heterocycles. The van der Waals surface area contributed by atoms with E-state index in [1.165, 1.54) is 32.1 Å². The largest absolute Gasteiger partial charge is 0.345 e. The third-order valence-electron chi connectivity index (χ3n) is 5.93. The molecular weight excluding hydrogens is 276 g/mol. The van der Waals surface area contributed by atoms with Crippen LogP contribution < -0.4 is 5.32 Å². The average Bonchev–Trinajstić information content (AvgIpc) is 3.26. The van der Waals surface area contributed by atoms with Crippen LogP contribution in [0, 0.1) is 5.92 Å². The van der Waals surface area contributed by atoms with Gasteiger partial charge in [-0.2, -0.15) is 0 Å². The molecule has 2 fully saturated rings. The quantitative estimate of drug-likeness (QED) is 0.759. The lowest BCUT2D eigenvalue weighted by molar-refractivity contribution is 0.344. The van der Waals surface area contributed by atoms with Gasteiger partial charge >= 0.3 is 0 Å². The number of aromatic amines is 1. The van der Waals surface area contributed by atoms with Crippen molar-refractivity contribution < 1.29 is 0 Å². The summed E-state index contributed by atoms with van der Waals surface area (Å²) in [6.07, 6.45) is 10.0. The number of H-pyrrole nitrogens is 1. The molecule has 2 aliphatic rings. The topological polar surface area (TPSA) is 70.9 Å². The van der Waals surface area contributed by atoms with E-state index in [1.807, 2.05) is 12.4 Å². The van der Waals surface area contributed by atoms with E-state index in [2.05, 4.69) is 43.0 Å². The van der Waals surface area contributed by atoms with Gasteiger partial charge in [0.1, 0.15) is 5.82 Å². The van der Waals surface area contributed by atoms with E-state index in [0.717, 1.165) is 28.6 Å². The minimum absolute atomic E-state index is 0.179. The number of fused-ring (bicyclic) bond motifs is 4. The van der Waals surface area contributed by atoms with Gasteiger partial charge in [0.2, 0.25) is 0 Å². The SMILES string of the molecule is CNC1CC2CCCC2(c2nnc3cnc4[nH]ccc4n23)C1. The minimum atomic E-state index is 0.179. The third kappa shape index (κ3) is 1.46. The number of hydrogen-bond donors (Lipinski definition) is 2. The van der Waals surface area contributed by atoms with Gasteiger partial charge in [0.25, 0.3) is 0 Å². The average molecular weight is 296 g/mol. The Balaban J connectivity index is 1.77. The maximum Gasteiger partial charge on any atom is 0.179 e. The van der Waals surface area contributed by atoms with Crippen molar-refractivity contribution in [2.45, 2.75) is 43.6 Å². The van der Waals surface area contributed by atoms with Gasteiger partial charge in [-0.15, -0.1) is 10.2 Å². The summed E-state index contributed by atoms with van der Waals surface area (Å²) in [7, 11) is 2.08. The molecular formula is C16H20N6. The summed E-state index contributed by atoms with van der Waals surface area (Å²) >= 11 is 0. The molecule has 22 heavy (non-hydrogen) atoms. The van der Waals surface area contributed by atoms with Crippen LogP contribution >= 0.6 is 0 Å². The highest BCUT2D eigenvalue weighted by Crippen LogP contribution is 2.55. The first-order chi connectivity index (χ1) is 10.8. The second-order valence-electron chi connectivity index (χ2n) is 6.86. The van der Waals surface area contributed by atoms with E-state index in [0.29, 0.717) is 6.04 Å². The van der Waals surface area contributed by atoms with Gasteiger partial charge in [0.05, 0.1) is 11.7 Å². The van der Waals surface area contributed by atoms with Crippen molar-refractivity contribution >= 4 is 16.8 Å². The Morgan fingerprint density at radius 2 is 2.36 bits per heavy atom. The fourth-order valence-electron chi connectivity index (χ4n) is 4.93. The molecule has 0 aliphatic heterocycles. The van der Waals surface area contributed by atoms with Gasteiger partial charge in [-0.05, 0) is 44.7 Å². The molecule has 6 heteroatoms. The Labute approximate surface area is 128 Å². The molecule has 0 bridgehead atoms. The second-order valence-corrected chi connectivity index (χ2v) is 6.86. The highest BCUT2D eigenvalue weighted by atomic mass is 15.3. The van der Waals surface area contributed by atoms with Gasteiger partial charge in [0, 0.05) is 17.7 Å². The first-order valence-corrected chi connectivity index (χ1v) is 8.17. The molecule has 5 rings (SSSR count). The lowest BCUT2D eigenvalue weighted by Gasteiger charge is -2.27. The van der Waals surface area contributed by atoms with Crippen molar-refractivity contribution in [2.24, 2.45) is 5.92 Å². The number of hydrogen-bond acceptors (Lipinski definition) is 4. The van der Waals surface area contributed by atoms with Crippen molar-refractivity contribution in [3.63, 3.8) is 0 Å². The fourth-order valence-corrected chi connectivity index (χ4v) is 4.93. The fraction of sp³-hybridized carbons (Fsp3) is 0.562. The standard InChI is InChI=1S/C16H20N6/c1-17-11-7-10-3-2-5-16(10,8-11)15-21-20-13-9-19-14-12(22(13)15)4-6-18-14/h4,6,9-11,17-18H,2-3,5,7-8H2,1H3. The number of rotatable bonds is 2. The summed E-state index contributed by atoms with van der Waals surface area (Å²) in [5.74, 6) is 1.87. The highest BCUT2D eigenvalue weighted by molar-refractivity contribution is 5.74. The predicted octanol–water partition coefficient (Wildman–Crippen LogP) is 2.03. The van der Waals surface area contributed by atoms with E-state index < -0.39 is 0 Å². The molecule has 3 heterocycles. The van der Waals surface area contributed by atoms with E-state index >= 15 is 0 Å². The van der Waals surface area contributed by atoms with E-state index in [-0.39, 0.29) is 5.41 Å². The first-order valence-electron chi connectivity index (χ1n) is 8.17. The van der Waals surface area contributed by atoms with Crippen LogP contribution in [-0.2, 0) is 5.41 Å². The minimum Gasteiger partial charge on any atom is -0.345 e. The molecule has 0 aromatic carbocycles. The molecule has 3 atom stereocenters. The number of nitrogens with zero attached hydrogens (tertiary/aromatic N) is 4. The molecule has 3 unspecified atom stereocenters. The molecule has 0 spiro atoms. The lowest BCUT2D eigenvalue weighted by atomic mass is 9.79. The predicted molar refractivity (Wildman–Crippen MR) is 83.7 cm³/mol. The molecule has 114 valence electrons. The summed E-state index contributed by atoms with van der Waals surface area (Å²) in [5, 5.41) is 12.5. The molecule has 2 aliphatic carbocycles. The summed E-state index contributed by atoms with van der Waals surface area (Å²) in [6.45, 7) is 0. The molecule has 6 nitrogen and oxygen atoms in total. The van der Waals surface area contributed by atoms with Gasteiger partial charge < -0.3 is 10.3 Å². The number of nitrogens with one attached hydrogen (secondary N) is 2. The van der Waals surface area contributed by atoms with Crippen LogP contribution in [0.2, 0.25) is 0 Å². The van der Waals surface area contributed by atoms with Gasteiger partial charge in [0.15, 0.2) is 11.3 Å². The lowest BCUT2D eigenvalue weighted by Crippen LogP contribution is -2.30. The van der Waals surface area contributed by atoms with Crippen LogP contribution in [0.1, 0.15) is 37.9 Å². The van der Waals surface area contributed by atoms with Crippen molar-refractivity contribution in [2.75, 3.05) is 7.05 Å². The molecule has 0 saturated heterocycles. The van der Waals surface area contributed by atoms with Crippen LogP contribution in [0.5, 0.6) is 0 Å². The normalized spacial score (nSPS) is 31.3. The van der Waals surface area contributed by atoms with Gasteiger partial charge in [-0.3, -0.25) is 4.40 Å². The van der Waals surface area contributed by atoms with Gasteiger partial charge in [-0.1, -0.05) is 6.42 Å². The molecule has 3 aromatic rings. The van der Waals surface area contributed by atoms with Crippen LogP contribution in [-0.4, -0.2) is 37.7 Å². The van der Waals surface area contributed by atoms with Crippen LogP contribution in [0.15, 0.2) is 18.5 Å². The summed E-state index contributed by atoms with van der Waals surface area (Å²) in [6, 6.07) is 2.68. The number of aromatic nitrogens is 5. The summed E-state index contributed by atoms with van der Waals surface area (Å²) < 4.78 is 2.23. The van der Waals surface area contributed by atoms with Gasteiger partial charge in [-0.25, -0.2) is 4.98 Å². The Bertz CT molecular complexity index is 849. The zero-order valence-corrected chi connectivity index (χ0v) is 12.7. The summed E-state index contributed by atoms with van der Waals surface area (Å²) in [4.78, 5) is 7.63. The van der Waals surface area contributed by atoms with Crippen LogP contribution in [0.3, 0.4) is 0 Å². The van der Waals surface area contributed by atoms with Crippen molar-refractivity contribution in [1.82, 2.24) is 29.9 Å². The second kappa shape index (κ2) is 4.29. The first kappa shape index (κ1) is 12.6. The maximum atomic E-state index is 4.64. The zero-order chi connectivity index (χ0) is 14.7. The van der Waals surface area contributed by atoms with Crippen molar-refractivity contribution in [1.29, 1.82) is 0 Å². The zero-order valence-electron chi connectivity index (χ0n) is 12.7. The van der Waals surface area contributed by atoms with Crippen LogP contribution in [0.25, 0.3) is 16.8 Å². The Kier molecular flexibility index (Phi) is 2.45. The third-order valence-corrected chi connectivity index (χ3v) is 5.93. The molecule has 0 amide bonds. The Hall–Kier alpha value is -1.95. The summed E-state index contributed by atoms with van der Waals surface area (Å²) in [5.41, 5.74) is 3.03. The van der Waals surface area contributed by atoms with E-state index in [9.17, 15) is 0 Å². The molecule has 2 saturated carbocycles.